The van der Waals surface area contributed by atoms with Crippen molar-refractivity contribution in [3.8, 4) is 22.5 Å². The van der Waals surface area contributed by atoms with Crippen molar-refractivity contribution in [2.75, 3.05) is 19.8 Å². The molecule has 0 bridgehead atoms. The average molecular weight is 456 g/mol. The first-order valence-electron chi connectivity index (χ1n) is 9.87. The maximum Gasteiger partial charge on any atom is 0.186 e. The highest BCUT2D eigenvalue weighted by atomic mass is 35.5. The number of benzene rings is 1. The van der Waals surface area contributed by atoms with E-state index >= 15 is 0 Å². The van der Waals surface area contributed by atoms with Crippen LogP contribution >= 0.6 is 23.2 Å². The number of nitrogens with zero attached hydrogens (tertiary/aromatic N) is 6. The highest BCUT2D eigenvalue weighted by Crippen LogP contribution is 2.40. The van der Waals surface area contributed by atoms with Gasteiger partial charge in [-0.05, 0) is 47.8 Å². The van der Waals surface area contributed by atoms with E-state index < -0.39 is 0 Å². The van der Waals surface area contributed by atoms with Crippen molar-refractivity contribution in [2.45, 2.75) is 19.5 Å². The van der Waals surface area contributed by atoms with E-state index in [1.807, 2.05) is 45.3 Å². The molecule has 7 nitrogen and oxygen atoms in total. The van der Waals surface area contributed by atoms with Crippen molar-refractivity contribution in [2.24, 2.45) is 5.92 Å². The summed E-state index contributed by atoms with van der Waals surface area (Å²) in [7, 11) is 4.08. The molecule has 0 spiro atoms. The van der Waals surface area contributed by atoms with Gasteiger partial charge in [0.05, 0.1) is 21.7 Å². The number of aromatic nitrogens is 5. The van der Waals surface area contributed by atoms with Crippen molar-refractivity contribution in [3.63, 3.8) is 0 Å². The van der Waals surface area contributed by atoms with Crippen LogP contribution in [0.15, 0.2) is 58.7 Å². The molecule has 0 saturated carbocycles. The van der Waals surface area contributed by atoms with Crippen molar-refractivity contribution in [1.82, 2.24) is 30.1 Å². The number of halogens is 2. The number of hydrogen-bond acceptors (Lipinski definition) is 6. The summed E-state index contributed by atoms with van der Waals surface area (Å²) in [6.45, 7) is 2.84. The van der Waals surface area contributed by atoms with Gasteiger partial charge in [0.25, 0.3) is 0 Å². The molecule has 31 heavy (non-hydrogen) atoms. The molecule has 0 aliphatic heterocycles. The number of hydrogen-bond donors (Lipinski definition) is 1. The SMILES string of the molecule is CC1C=CC(Cl)=C(Cl)[C@@H]1n1nnnc1-c1cc(-c2ccccc2CN(C)C)cnc1N. The molecule has 2 heterocycles. The second-order valence-electron chi connectivity index (χ2n) is 7.86. The fraction of sp³-hybridized carbons (Fsp3) is 0.273. The van der Waals surface area contributed by atoms with Gasteiger partial charge in [0.15, 0.2) is 5.82 Å². The van der Waals surface area contributed by atoms with Crippen LogP contribution in [0, 0.1) is 5.92 Å². The van der Waals surface area contributed by atoms with Crippen LogP contribution < -0.4 is 5.73 Å². The first kappa shape index (κ1) is 21.5. The number of tetrazole rings is 1. The van der Waals surface area contributed by atoms with Gasteiger partial charge in [-0.2, -0.15) is 0 Å². The average Bonchev–Trinajstić information content (AvgIpc) is 3.21. The second kappa shape index (κ2) is 8.78. The Kier molecular flexibility index (Phi) is 6.09. The van der Waals surface area contributed by atoms with Gasteiger partial charge >= 0.3 is 0 Å². The molecule has 1 aliphatic carbocycles. The molecule has 1 aromatic carbocycles. The largest absolute Gasteiger partial charge is 0.383 e. The zero-order valence-corrected chi connectivity index (χ0v) is 19.0. The lowest BCUT2D eigenvalue weighted by atomic mass is 9.96. The molecule has 0 radical (unpaired) electrons. The van der Waals surface area contributed by atoms with Crippen LogP contribution in [0.3, 0.4) is 0 Å². The van der Waals surface area contributed by atoms with Gasteiger partial charge < -0.3 is 10.6 Å². The summed E-state index contributed by atoms with van der Waals surface area (Å²) in [4.78, 5) is 6.57. The predicted octanol–water partition coefficient (Wildman–Crippen LogP) is 4.48. The van der Waals surface area contributed by atoms with E-state index in [1.165, 1.54) is 5.56 Å². The highest BCUT2D eigenvalue weighted by molar-refractivity contribution is 6.40. The highest BCUT2D eigenvalue weighted by Gasteiger charge is 2.30. The predicted molar refractivity (Wildman–Crippen MR) is 124 cm³/mol. The van der Waals surface area contributed by atoms with E-state index in [1.54, 1.807) is 17.0 Å². The molecule has 3 aromatic rings. The first-order valence-corrected chi connectivity index (χ1v) is 10.6. The first-order chi connectivity index (χ1) is 14.9. The van der Waals surface area contributed by atoms with E-state index in [-0.39, 0.29) is 12.0 Å². The number of rotatable bonds is 5. The molecule has 0 saturated heterocycles. The zero-order valence-electron chi connectivity index (χ0n) is 17.5. The third kappa shape index (κ3) is 4.21. The molecule has 0 amide bonds. The fourth-order valence-corrected chi connectivity index (χ4v) is 4.30. The van der Waals surface area contributed by atoms with Gasteiger partial charge in [0, 0.05) is 24.2 Å². The Bertz CT molecular complexity index is 1170. The van der Waals surface area contributed by atoms with Gasteiger partial charge in [-0.25, -0.2) is 9.67 Å². The topological polar surface area (TPSA) is 85.8 Å². The number of nitrogen functional groups attached to an aromatic ring is 1. The maximum absolute atomic E-state index is 6.54. The van der Waals surface area contributed by atoms with Crippen LogP contribution in [-0.2, 0) is 6.54 Å². The molecule has 9 heteroatoms. The van der Waals surface area contributed by atoms with Gasteiger partial charge in [-0.15, -0.1) is 5.10 Å². The Labute approximate surface area is 191 Å². The lowest BCUT2D eigenvalue weighted by Gasteiger charge is -2.25. The monoisotopic (exact) mass is 455 g/mol. The van der Waals surface area contributed by atoms with Crippen molar-refractivity contribution >= 4 is 29.0 Å². The molecule has 1 unspecified atom stereocenters. The molecule has 160 valence electrons. The minimum atomic E-state index is -0.326. The minimum absolute atomic E-state index is 0.0513. The van der Waals surface area contributed by atoms with Crippen LogP contribution in [-0.4, -0.2) is 44.2 Å². The summed E-state index contributed by atoms with van der Waals surface area (Å²) in [6, 6.07) is 9.88. The summed E-state index contributed by atoms with van der Waals surface area (Å²) < 4.78 is 1.67. The van der Waals surface area contributed by atoms with Crippen LogP contribution in [0.25, 0.3) is 22.5 Å². The van der Waals surface area contributed by atoms with Gasteiger partial charge in [-0.3, -0.25) is 0 Å². The van der Waals surface area contributed by atoms with E-state index in [4.69, 9.17) is 28.9 Å². The lowest BCUT2D eigenvalue weighted by molar-refractivity contribution is 0.403. The number of anilines is 1. The fourth-order valence-electron chi connectivity index (χ4n) is 3.76. The summed E-state index contributed by atoms with van der Waals surface area (Å²) in [6.07, 6.45) is 5.56. The summed E-state index contributed by atoms with van der Waals surface area (Å²) >= 11 is 12.8. The molecule has 2 N–H and O–H groups in total. The van der Waals surface area contributed by atoms with Gasteiger partial charge in [-0.1, -0.05) is 60.5 Å². The third-order valence-corrected chi connectivity index (χ3v) is 6.12. The number of pyridine rings is 1. The third-order valence-electron chi connectivity index (χ3n) is 5.26. The molecule has 2 atom stereocenters. The lowest BCUT2D eigenvalue weighted by Crippen LogP contribution is -2.21. The van der Waals surface area contributed by atoms with Gasteiger partial charge in [0.2, 0.25) is 0 Å². The van der Waals surface area contributed by atoms with Gasteiger partial charge in [0.1, 0.15) is 5.82 Å². The Hall–Kier alpha value is -2.74. The van der Waals surface area contributed by atoms with Crippen LogP contribution in [0.5, 0.6) is 0 Å². The Morgan fingerprint density at radius 1 is 1.16 bits per heavy atom. The van der Waals surface area contributed by atoms with E-state index in [0.29, 0.717) is 27.3 Å². The van der Waals surface area contributed by atoms with E-state index in [0.717, 1.165) is 17.7 Å². The van der Waals surface area contributed by atoms with Crippen LogP contribution in [0.4, 0.5) is 5.82 Å². The maximum atomic E-state index is 6.54. The smallest absolute Gasteiger partial charge is 0.186 e. The van der Waals surface area contributed by atoms with Crippen molar-refractivity contribution in [3.05, 3.63) is 64.3 Å². The van der Waals surface area contributed by atoms with Crippen LogP contribution in [0.2, 0.25) is 0 Å². The molecular weight excluding hydrogens is 433 g/mol. The number of allylic oxidation sites excluding steroid dienone is 4. The van der Waals surface area contributed by atoms with Crippen molar-refractivity contribution in [1.29, 1.82) is 0 Å². The van der Waals surface area contributed by atoms with Crippen molar-refractivity contribution < 1.29 is 0 Å². The Morgan fingerprint density at radius 3 is 2.71 bits per heavy atom. The zero-order chi connectivity index (χ0) is 22.1. The minimum Gasteiger partial charge on any atom is -0.383 e. The van der Waals surface area contributed by atoms with E-state index in [9.17, 15) is 0 Å². The summed E-state index contributed by atoms with van der Waals surface area (Å²) in [5, 5.41) is 13.3. The molecule has 1 aliphatic rings. The quantitative estimate of drug-likeness (QED) is 0.609. The van der Waals surface area contributed by atoms with Crippen LogP contribution in [0.1, 0.15) is 18.5 Å². The molecule has 0 fully saturated rings. The summed E-state index contributed by atoms with van der Waals surface area (Å²) in [5.41, 5.74) is 10.1. The van der Waals surface area contributed by atoms with E-state index in [2.05, 4.69) is 37.5 Å². The second-order valence-corrected chi connectivity index (χ2v) is 8.67. The summed E-state index contributed by atoms with van der Waals surface area (Å²) in [5.74, 6) is 0.886. The Balaban J connectivity index is 1.81. The number of nitrogens with two attached hydrogens (primary N) is 1. The molecular formula is C22H23Cl2N7. The normalized spacial score (nSPS) is 18.8. The molecule has 4 rings (SSSR count). The Morgan fingerprint density at radius 2 is 1.94 bits per heavy atom. The molecule has 2 aromatic heterocycles. The standard InChI is InChI=1S/C22H23Cl2N7/c1-13-8-9-18(23)19(24)20(13)31-22(27-28-29-31)17-10-15(11-26-21(17)25)16-7-5-4-6-14(16)12-30(2)3/h4-11,13,20H,12H2,1-3H3,(H2,25,26)/t13?,20-/m1/s1.